The van der Waals surface area contributed by atoms with Gasteiger partial charge in [0, 0.05) is 12.2 Å². The van der Waals surface area contributed by atoms with Gasteiger partial charge in [0.05, 0.1) is 6.10 Å². The standard InChI is InChI=1S/C18H30N2O2/c1-13(21)11-18(5,6)12-19-16(22)20-15-10-8-7-9-14(15)17(2,3)4/h7-10,13,21H,11-12H2,1-6H3,(H2,19,20,22). The average molecular weight is 306 g/mol. The summed E-state index contributed by atoms with van der Waals surface area (Å²) >= 11 is 0. The molecule has 0 spiro atoms. The molecule has 0 saturated heterocycles. The maximum Gasteiger partial charge on any atom is 0.319 e. The lowest BCUT2D eigenvalue weighted by atomic mass is 9.86. The van der Waals surface area contributed by atoms with Crippen LogP contribution < -0.4 is 10.6 Å². The summed E-state index contributed by atoms with van der Waals surface area (Å²) in [6.45, 7) is 12.7. The van der Waals surface area contributed by atoms with Crippen LogP contribution in [0, 0.1) is 5.41 Å². The molecule has 1 aromatic rings. The molecule has 1 unspecified atom stereocenters. The maximum absolute atomic E-state index is 12.1. The van der Waals surface area contributed by atoms with Crippen molar-refractivity contribution in [2.45, 2.75) is 59.5 Å². The summed E-state index contributed by atoms with van der Waals surface area (Å²) < 4.78 is 0. The van der Waals surface area contributed by atoms with Gasteiger partial charge >= 0.3 is 6.03 Å². The molecule has 22 heavy (non-hydrogen) atoms. The third-order valence-electron chi connectivity index (χ3n) is 3.56. The number of benzene rings is 1. The van der Waals surface area contributed by atoms with Crippen LogP contribution in [0.15, 0.2) is 24.3 Å². The third-order valence-corrected chi connectivity index (χ3v) is 3.56. The Morgan fingerprint density at radius 2 is 1.77 bits per heavy atom. The van der Waals surface area contributed by atoms with Gasteiger partial charge in [-0.3, -0.25) is 0 Å². The molecule has 0 aliphatic heterocycles. The second-order valence-corrected chi connectivity index (χ2v) is 7.82. The van der Waals surface area contributed by atoms with E-state index in [-0.39, 0.29) is 23.0 Å². The molecule has 0 fully saturated rings. The second-order valence-electron chi connectivity index (χ2n) is 7.82. The molecule has 2 amide bonds. The zero-order valence-corrected chi connectivity index (χ0v) is 14.7. The topological polar surface area (TPSA) is 61.4 Å². The van der Waals surface area contributed by atoms with Gasteiger partial charge in [0.1, 0.15) is 0 Å². The molecular formula is C18H30N2O2. The molecule has 0 bridgehead atoms. The Balaban J connectivity index is 2.67. The van der Waals surface area contributed by atoms with Gasteiger partial charge in [-0.2, -0.15) is 0 Å². The minimum absolute atomic E-state index is 0.0323. The van der Waals surface area contributed by atoms with Crippen molar-refractivity contribution in [3.8, 4) is 0 Å². The fourth-order valence-electron chi connectivity index (χ4n) is 2.60. The molecule has 0 aliphatic carbocycles. The Bertz CT molecular complexity index is 502. The predicted octanol–water partition coefficient (Wildman–Crippen LogP) is 3.90. The third kappa shape index (κ3) is 6.06. The lowest BCUT2D eigenvalue weighted by Gasteiger charge is -2.27. The van der Waals surface area contributed by atoms with Crippen LogP contribution in [0.25, 0.3) is 0 Å². The molecular weight excluding hydrogens is 276 g/mol. The number of para-hydroxylation sites is 1. The number of hydrogen-bond donors (Lipinski definition) is 3. The highest BCUT2D eigenvalue weighted by Gasteiger charge is 2.22. The first-order valence-electron chi connectivity index (χ1n) is 7.84. The van der Waals surface area contributed by atoms with Crippen LogP contribution in [0.3, 0.4) is 0 Å². The van der Waals surface area contributed by atoms with Gasteiger partial charge in [-0.25, -0.2) is 4.79 Å². The van der Waals surface area contributed by atoms with E-state index in [0.29, 0.717) is 13.0 Å². The Morgan fingerprint density at radius 3 is 2.32 bits per heavy atom. The van der Waals surface area contributed by atoms with Crippen LogP contribution in [0.2, 0.25) is 0 Å². The van der Waals surface area contributed by atoms with E-state index >= 15 is 0 Å². The fourth-order valence-corrected chi connectivity index (χ4v) is 2.60. The van der Waals surface area contributed by atoms with E-state index in [1.807, 2.05) is 38.1 Å². The Morgan fingerprint density at radius 1 is 1.18 bits per heavy atom. The molecule has 0 heterocycles. The van der Waals surface area contributed by atoms with E-state index in [0.717, 1.165) is 11.3 Å². The number of carbonyl (C=O) groups excluding carboxylic acids is 1. The summed E-state index contributed by atoms with van der Waals surface area (Å²) in [5.41, 5.74) is 1.76. The lowest BCUT2D eigenvalue weighted by molar-refractivity contribution is 0.129. The number of rotatable bonds is 5. The highest BCUT2D eigenvalue weighted by atomic mass is 16.3. The average Bonchev–Trinajstić information content (AvgIpc) is 2.34. The number of aliphatic hydroxyl groups is 1. The zero-order chi connectivity index (χ0) is 17.0. The minimum atomic E-state index is -0.374. The van der Waals surface area contributed by atoms with E-state index in [1.54, 1.807) is 6.92 Å². The van der Waals surface area contributed by atoms with Gasteiger partial charge in [0.2, 0.25) is 0 Å². The van der Waals surface area contributed by atoms with E-state index < -0.39 is 0 Å². The van der Waals surface area contributed by atoms with Crippen molar-refractivity contribution in [2.75, 3.05) is 11.9 Å². The summed E-state index contributed by atoms with van der Waals surface area (Å²) in [6, 6.07) is 7.64. The van der Waals surface area contributed by atoms with E-state index in [1.165, 1.54) is 0 Å². The van der Waals surface area contributed by atoms with E-state index in [9.17, 15) is 9.90 Å². The van der Waals surface area contributed by atoms with Gasteiger partial charge < -0.3 is 15.7 Å². The molecule has 4 nitrogen and oxygen atoms in total. The zero-order valence-electron chi connectivity index (χ0n) is 14.7. The van der Waals surface area contributed by atoms with Crippen LogP contribution >= 0.6 is 0 Å². The number of aliphatic hydroxyl groups excluding tert-OH is 1. The summed E-state index contributed by atoms with van der Waals surface area (Å²) in [5.74, 6) is 0. The molecule has 3 N–H and O–H groups in total. The Labute approximate surface area is 134 Å². The van der Waals surface area contributed by atoms with Crippen LogP contribution in [-0.4, -0.2) is 23.8 Å². The highest BCUT2D eigenvalue weighted by Crippen LogP contribution is 2.29. The van der Waals surface area contributed by atoms with Gasteiger partial charge in [0.25, 0.3) is 0 Å². The van der Waals surface area contributed by atoms with Gasteiger partial charge in [-0.05, 0) is 35.8 Å². The smallest absolute Gasteiger partial charge is 0.319 e. The van der Waals surface area contributed by atoms with Crippen LogP contribution in [0.4, 0.5) is 10.5 Å². The van der Waals surface area contributed by atoms with E-state index in [2.05, 4.69) is 31.4 Å². The summed E-state index contributed by atoms with van der Waals surface area (Å²) in [7, 11) is 0. The Hall–Kier alpha value is -1.55. The SMILES string of the molecule is CC(O)CC(C)(C)CNC(=O)Nc1ccccc1C(C)(C)C. The molecule has 0 radical (unpaired) electrons. The van der Waals surface area contributed by atoms with Gasteiger partial charge in [-0.1, -0.05) is 52.8 Å². The van der Waals surface area contributed by atoms with Crippen molar-refractivity contribution in [3.05, 3.63) is 29.8 Å². The van der Waals surface area contributed by atoms with Crippen molar-refractivity contribution in [2.24, 2.45) is 5.41 Å². The lowest BCUT2D eigenvalue weighted by Crippen LogP contribution is -2.38. The van der Waals surface area contributed by atoms with Crippen molar-refractivity contribution in [1.82, 2.24) is 5.32 Å². The highest BCUT2D eigenvalue weighted by molar-refractivity contribution is 5.90. The number of nitrogens with one attached hydrogen (secondary N) is 2. The van der Waals surface area contributed by atoms with Crippen LogP contribution in [0.5, 0.6) is 0 Å². The number of urea groups is 1. The maximum atomic E-state index is 12.1. The predicted molar refractivity (Wildman–Crippen MR) is 92.2 cm³/mol. The van der Waals surface area contributed by atoms with Crippen molar-refractivity contribution >= 4 is 11.7 Å². The first-order valence-corrected chi connectivity index (χ1v) is 7.84. The number of carbonyl (C=O) groups is 1. The molecule has 1 rings (SSSR count). The van der Waals surface area contributed by atoms with Crippen LogP contribution in [-0.2, 0) is 5.41 Å². The summed E-state index contributed by atoms with van der Waals surface area (Å²) in [4.78, 5) is 12.1. The molecule has 1 atom stereocenters. The molecule has 124 valence electrons. The van der Waals surface area contributed by atoms with E-state index in [4.69, 9.17) is 0 Å². The Kier molecular flexibility index (Phi) is 6.00. The normalized spacial score (nSPS) is 13.6. The summed E-state index contributed by atoms with van der Waals surface area (Å²) in [6.07, 6.45) is 0.271. The number of anilines is 1. The quantitative estimate of drug-likeness (QED) is 0.772. The minimum Gasteiger partial charge on any atom is -0.393 e. The molecule has 0 aliphatic rings. The number of amides is 2. The molecule has 4 heteroatoms. The first kappa shape index (κ1) is 18.5. The van der Waals surface area contributed by atoms with Crippen molar-refractivity contribution < 1.29 is 9.90 Å². The molecule has 0 saturated carbocycles. The van der Waals surface area contributed by atoms with Crippen molar-refractivity contribution in [1.29, 1.82) is 0 Å². The van der Waals surface area contributed by atoms with Crippen molar-refractivity contribution in [3.63, 3.8) is 0 Å². The molecule has 0 aromatic heterocycles. The second kappa shape index (κ2) is 7.14. The van der Waals surface area contributed by atoms with Crippen LogP contribution in [0.1, 0.15) is 53.5 Å². The van der Waals surface area contributed by atoms with Gasteiger partial charge in [-0.15, -0.1) is 0 Å². The van der Waals surface area contributed by atoms with Gasteiger partial charge in [0.15, 0.2) is 0 Å². The monoisotopic (exact) mass is 306 g/mol. The number of hydrogen-bond acceptors (Lipinski definition) is 2. The largest absolute Gasteiger partial charge is 0.393 e. The first-order chi connectivity index (χ1) is 10.0. The summed E-state index contributed by atoms with van der Waals surface area (Å²) in [5, 5.41) is 15.3. The molecule has 1 aromatic carbocycles. The fraction of sp³-hybridized carbons (Fsp3) is 0.611.